The maximum atomic E-state index is 14.1. The molecule has 0 aliphatic heterocycles. The number of aromatic hydroxyl groups is 1. The van der Waals surface area contributed by atoms with Gasteiger partial charge in [-0.25, -0.2) is 17.2 Å². The summed E-state index contributed by atoms with van der Waals surface area (Å²) in [5.41, 5.74) is -0.588. The van der Waals surface area contributed by atoms with Gasteiger partial charge in [0.05, 0.1) is 12.0 Å². The molecule has 1 N–H and O–H groups in total. The van der Waals surface area contributed by atoms with Gasteiger partial charge in [-0.1, -0.05) is 0 Å². The number of Topliss-reactive ketones (excluding diaryl/α,β-unsaturated/α-hetero) is 1. The van der Waals surface area contributed by atoms with Crippen molar-refractivity contribution in [2.24, 2.45) is 0 Å². The third-order valence-corrected chi connectivity index (χ3v) is 4.94. The van der Waals surface area contributed by atoms with Crippen molar-refractivity contribution in [3.63, 3.8) is 0 Å². The lowest BCUT2D eigenvalue weighted by Crippen LogP contribution is -2.12. The zero-order valence-corrected chi connectivity index (χ0v) is 12.9. The van der Waals surface area contributed by atoms with Crippen LogP contribution in [0.25, 0.3) is 0 Å². The molecule has 0 unspecified atom stereocenters. The SMILES string of the molecule is COc1cc(S(=O)(=O)c2c(F)cc(F)cc2C(C)=O)ccc1O. The second kappa shape index (κ2) is 5.96. The standard InChI is InChI=1S/C15H12F2O5S/c1-8(18)11-5-9(16)6-12(17)15(11)23(20,21)10-3-4-13(19)14(7-10)22-2/h3-7,19H,1-2H3. The monoisotopic (exact) mass is 342 g/mol. The quantitative estimate of drug-likeness (QED) is 0.682. The molecule has 2 aromatic rings. The first-order valence-corrected chi connectivity index (χ1v) is 7.79. The maximum Gasteiger partial charge on any atom is 0.210 e. The smallest absolute Gasteiger partial charge is 0.210 e. The average Bonchev–Trinajstić information content (AvgIpc) is 2.46. The second-order valence-electron chi connectivity index (χ2n) is 4.66. The van der Waals surface area contributed by atoms with Crippen LogP contribution in [-0.4, -0.2) is 26.4 Å². The summed E-state index contributed by atoms with van der Waals surface area (Å²) in [5.74, 6) is -3.68. The van der Waals surface area contributed by atoms with Gasteiger partial charge < -0.3 is 9.84 Å². The van der Waals surface area contributed by atoms with Gasteiger partial charge in [0.25, 0.3) is 0 Å². The normalized spacial score (nSPS) is 11.3. The van der Waals surface area contributed by atoms with Crippen molar-refractivity contribution < 1.29 is 31.8 Å². The molecule has 0 saturated heterocycles. The molecule has 0 bridgehead atoms. The van der Waals surface area contributed by atoms with Crippen LogP contribution in [0.2, 0.25) is 0 Å². The highest BCUT2D eigenvalue weighted by Crippen LogP contribution is 2.33. The van der Waals surface area contributed by atoms with Crippen molar-refractivity contribution in [3.05, 3.63) is 47.5 Å². The lowest BCUT2D eigenvalue weighted by Gasteiger charge is -2.11. The highest BCUT2D eigenvalue weighted by molar-refractivity contribution is 7.91. The number of rotatable bonds is 4. The first-order valence-electron chi connectivity index (χ1n) is 6.30. The Morgan fingerprint density at radius 1 is 1.17 bits per heavy atom. The van der Waals surface area contributed by atoms with Gasteiger partial charge in [-0.2, -0.15) is 0 Å². The number of ketones is 1. The molecule has 8 heteroatoms. The summed E-state index contributed by atoms with van der Waals surface area (Å²) in [5, 5.41) is 9.51. The van der Waals surface area contributed by atoms with E-state index in [-0.39, 0.29) is 11.5 Å². The molecule has 0 saturated carbocycles. The first kappa shape index (κ1) is 16.9. The van der Waals surface area contributed by atoms with Gasteiger partial charge in [0.2, 0.25) is 9.84 Å². The molecule has 0 aromatic heterocycles. The number of phenols is 1. The van der Waals surface area contributed by atoms with Crippen LogP contribution in [0.1, 0.15) is 17.3 Å². The first-order chi connectivity index (χ1) is 10.7. The Hall–Kier alpha value is -2.48. The van der Waals surface area contributed by atoms with Gasteiger partial charge in [0, 0.05) is 17.7 Å². The minimum absolute atomic E-state index is 0.141. The second-order valence-corrected chi connectivity index (χ2v) is 6.54. The van der Waals surface area contributed by atoms with Crippen molar-refractivity contribution in [3.8, 4) is 11.5 Å². The molecule has 122 valence electrons. The Morgan fingerprint density at radius 2 is 1.83 bits per heavy atom. The van der Waals surface area contributed by atoms with E-state index in [1.807, 2.05) is 0 Å². The lowest BCUT2D eigenvalue weighted by atomic mass is 10.1. The van der Waals surface area contributed by atoms with Crippen LogP contribution in [-0.2, 0) is 9.84 Å². The van der Waals surface area contributed by atoms with Crippen LogP contribution in [0.5, 0.6) is 11.5 Å². The summed E-state index contributed by atoms with van der Waals surface area (Å²) in [6.07, 6.45) is 0. The molecule has 0 fully saturated rings. The third kappa shape index (κ3) is 3.02. The Kier molecular flexibility index (Phi) is 4.37. The molecular formula is C15H12F2O5S. The van der Waals surface area contributed by atoms with Gasteiger partial charge in [0.1, 0.15) is 16.5 Å². The number of methoxy groups -OCH3 is 1. The van der Waals surface area contributed by atoms with Crippen LogP contribution >= 0.6 is 0 Å². The minimum Gasteiger partial charge on any atom is -0.504 e. The van der Waals surface area contributed by atoms with Crippen LogP contribution in [0.3, 0.4) is 0 Å². The number of hydrogen-bond donors (Lipinski definition) is 1. The molecule has 0 radical (unpaired) electrons. The molecule has 0 atom stereocenters. The Morgan fingerprint density at radius 3 is 2.39 bits per heavy atom. The summed E-state index contributed by atoms with van der Waals surface area (Å²) >= 11 is 0. The van der Waals surface area contributed by atoms with E-state index in [0.717, 1.165) is 25.1 Å². The molecule has 5 nitrogen and oxygen atoms in total. The van der Waals surface area contributed by atoms with Crippen molar-refractivity contribution in [1.29, 1.82) is 0 Å². The number of phenolic OH excluding ortho intramolecular Hbond substituents is 1. The van der Waals surface area contributed by atoms with Gasteiger partial charge in [-0.15, -0.1) is 0 Å². The molecule has 0 aliphatic rings. The van der Waals surface area contributed by atoms with E-state index in [2.05, 4.69) is 0 Å². The van der Waals surface area contributed by atoms with Gasteiger partial charge in [-0.3, -0.25) is 4.79 Å². The summed E-state index contributed by atoms with van der Waals surface area (Å²) in [6, 6.07) is 4.12. The van der Waals surface area contributed by atoms with Crippen molar-refractivity contribution in [2.45, 2.75) is 16.7 Å². The molecule has 0 amide bonds. The Bertz CT molecular complexity index is 891. The van der Waals surface area contributed by atoms with Crippen molar-refractivity contribution in [2.75, 3.05) is 7.11 Å². The fourth-order valence-corrected chi connectivity index (χ4v) is 3.59. The fourth-order valence-electron chi connectivity index (χ4n) is 2.04. The highest BCUT2D eigenvalue weighted by Gasteiger charge is 2.29. The van der Waals surface area contributed by atoms with Gasteiger partial charge in [0.15, 0.2) is 17.3 Å². The third-order valence-electron chi connectivity index (χ3n) is 3.12. The molecule has 2 rings (SSSR count). The number of ether oxygens (including phenoxy) is 1. The summed E-state index contributed by atoms with van der Waals surface area (Å²) in [6.45, 7) is 1.00. The maximum absolute atomic E-state index is 14.1. The van der Waals surface area contributed by atoms with Crippen LogP contribution < -0.4 is 4.74 Å². The fraction of sp³-hybridized carbons (Fsp3) is 0.133. The summed E-state index contributed by atoms with van der Waals surface area (Å²) in [7, 11) is -3.25. The van der Waals surface area contributed by atoms with Crippen molar-refractivity contribution >= 4 is 15.6 Å². The number of hydrogen-bond acceptors (Lipinski definition) is 5. The van der Waals surface area contributed by atoms with E-state index in [1.54, 1.807) is 0 Å². The minimum atomic E-state index is -4.47. The molecule has 2 aromatic carbocycles. The Labute approximate surface area is 131 Å². The zero-order valence-electron chi connectivity index (χ0n) is 12.1. The zero-order chi connectivity index (χ0) is 17.4. The van der Waals surface area contributed by atoms with E-state index in [0.29, 0.717) is 12.1 Å². The predicted octanol–water partition coefficient (Wildman–Crippen LogP) is 2.71. The summed E-state index contributed by atoms with van der Waals surface area (Å²) in [4.78, 5) is 10.2. The Balaban J connectivity index is 2.77. The average molecular weight is 342 g/mol. The molecule has 0 spiro atoms. The van der Waals surface area contributed by atoms with Crippen LogP contribution in [0.15, 0.2) is 40.1 Å². The summed E-state index contributed by atoms with van der Waals surface area (Å²) < 4.78 is 57.4. The number of benzene rings is 2. The highest BCUT2D eigenvalue weighted by atomic mass is 32.2. The molecular weight excluding hydrogens is 330 g/mol. The van der Waals surface area contributed by atoms with E-state index < -0.39 is 42.6 Å². The lowest BCUT2D eigenvalue weighted by molar-refractivity contribution is 0.101. The van der Waals surface area contributed by atoms with Crippen molar-refractivity contribution in [1.82, 2.24) is 0 Å². The topological polar surface area (TPSA) is 80.7 Å². The van der Waals surface area contributed by atoms with Crippen LogP contribution in [0.4, 0.5) is 8.78 Å². The van der Waals surface area contributed by atoms with E-state index in [1.165, 1.54) is 7.11 Å². The van der Waals surface area contributed by atoms with Crippen LogP contribution in [0, 0.1) is 11.6 Å². The van der Waals surface area contributed by atoms with E-state index >= 15 is 0 Å². The van der Waals surface area contributed by atoms with Gasteiger partial charge >= 0.3 is 0 Å². The molecule has 23 heavy (non-hydrogen) atoms. The predicted molar refractivity (Wildman–Crippen MR) is 76.5 cm³/mol. The van der Waals surface area contributed by atoms with E-state index in [9.17, 15) is 27.1 Å². The number of halogens is 2. The largest absolute Gasteiger partial charge is 0.504 e. The number of carbonyl (C=O) groups is 1. The molecule has 0 heterocycles. The number of sulfone groups is 1. The molecule has 0 aliphatic carbocycles. The van der Waals surface area contributed by atoms with Gasteiger partial charge in [-0.05, 0) is 25.1 Å². The number of carbonyl (C=O) groups excluding carboxylic acids is 1. The van der Waals surface area contributed by atoms with E-state index in [4.69, 9.17) is 4.74 Å².